The van der Waals surface area contributed by atoms with Crippen molar-refractivity contribution in [1.29, 1.82) is 0 Å². The van der Waals surface area contributed by atoms with Crippen LogP contribution in [0.4, 0.5) is 5.82 Å². The molecular formula is C21H25N5S. The Balaban J connectivity index is 1.79. The van der Waals surface area contributed by atoms with Gasteiger partial charge in [-0.3, -0.25) is 4.99 Å². The second-order valence-electron chi connectivity index (χ2n) is 7.02. The summed E-state index contributed by atoms with van der Waals surface area (Å²) < 4.78 is 3.32. The van der Waals surface area contributed by atoms with Gasteiger partial charge in [0.15, 0.2) is 11.3 Å². The van der Waals surface area contributed by atoms with Crippen molar-refractivity contribution in [2.75, 3.05) is 18.8 Å². The predicted molar refractivity (Wildman–Crippen MR) is 114 cm³/mol. The largest absolute Gasteiger partial charge is 0.381 e. The minimum absolute atomic E-state index is 0.0331. The highest BCUT2D eigenvalue weighted by atomic mass is 32.1. The Morgan fingerprint density at radius 1 is 1.44 bits per heavy atom. The zero-order chi connectivity index (χ0) is 18.8. The monoisotopic (exact) mass is 379 g/mol. The summed E-state index contributed by atoms with van der Waals surface area (Å²) in [5, 5.41) is 4.70. The van der Waals surface area contributed by atoms with E-state index in [-0.39, 0.29) is 6.04 Å². The number of hydrogen-bond donors (Lipinski definition) is 2. The third-order valence-corrected chi connectivity index (χ3v) is 6.38. The van der Waals surface area contributed by atoms with Crippen LogP contribution in [0.3, 0.4) is 0 Å². The van der Waals surface area contributed by atoms with Gasteiger partial charge < -0.3 is 15.6 Å². The molecular weight excluding hydrogens is 354 g/mol. The molecule has 2 aromatic heterocycles. The lowest BCUT2D eigenvalue weighted by Crippen LogP contribution is -2.37. The van der Waals surface area contributed by atoms with Gasteiger partial charge in [0.25, 0.3) is 0 Å². The quantitative estimate of drug-likeness (QED) is 0.683. The van der Waals surface area contributed by atoms with Crippen molar-refractivity contribution < 1.29 is 0 Å². The average Bonchev–Trinajstić information content (AvgIpc) is 3.12. The van der Waals surface area contributed by atoms with Gasteiger partial charge in [0.05, 0.1) is 22.8 Å². The Labute approximate surface area is 163 Å². The standard InChI is InChI=1S/C21H25N5S/c1-3-16(15-8-6-10-23-12-15)25-21-20(22)24-13-17(26(21)2)19-11-14-7-4-5-9-18(14)27-19/h3-5,7,9,11,13,15-16,23H,1,6,8,10,12H2,2H3,(H2,22,24). The molecule has 6 heteroatoms. The number of aromatic nitrogens is 2. The van der Waals surface area contributed by atoms with E-state index in [1.165, 1.54) is 16.5 Å². The predicted octanol–water partition coefficient (Wildman–Crippen LogP) is 3.34. The van der Waals surface area contributed by atoms with Gasteiger partial charge in [-0.2, -0.15) is 0 Å². The topological polar surface area (TPSA) is 68.2 Å². The van der Waals surface area contributed by atoms with E-state index in [2.05, 4.69) is 51.8 Å². The number of rotatable bonds is 4. The Morgan fingerprint density at radius 2 is 2.30 bits per heavy atom. The minimum atomic E-state index is 0.0331. The van der Waals surface area contributed by atoms with E-state index >= 15 is 0 Å². The number of nitrogen functional groups attached to an aromatic ring is 1. The fourth-order valence-electron chi connectivity index (χ4n) is 3.71. The molecule has 0 saturated carbocycles. The van der Waals surface area contributed by atoms with Crippen molar-refractivity contribution in [3.63, 3.8) is 0 Å². The summed E-state index contributed by atoms with van der Waals surface area (Å²) in [5.41, 5.74) is 7.95. The van der Waals surface area contributed by atoms with Crippen LogP contribution in [0.2, 0.25) is 0 Å². The van der Waals surface area contributed by atoms with Crippen molar-refractivity contribution in [3.05, 3.63) is 54.7 Å². The molecule has 1 saturated heterocycles. The fraction of sp³-hybridized carbons (Fsp3) is 0.333. The van der Waals surface area contributed by atoms with Crippen LogP contribution in [0, 0.1) is 5.92 Å². The van der Waals surface area contributed by atoms with Crippen LogP contribution < -0.4 is 16.5 Å². The van der Waals surface area contributed by atoms with Gasteiger partial charge in [0, 0.05) is 18.3 Å². The molecule has 27 heavy (non-hydrogen) atoms. The molecule has 0 bridgehead atoms. The van der Waals surface area contributed by atoms with Crippen molar-refractivity contribution in [2.24, 2.45) is 18.0 Å². The Hall–Kier alpha value is -2.44. The van der Waals surface area contributed by atoms with Gasteiger partial charge in [0.1, 0.15) is 0 Å². The molecule has 0 aliphatic carbocycles. The Kier molecular flexibility index (Phi) is 5.09. The van der Waals surface area contributed by atoms with Gasteiger partial charge in [-0.25, -0.2) is 4.98 Å². The maximum absolute atomic E-state index is 6.20. The van der Waals surface area contributed by atoms with Gasteiger partial charge >= 0.3 is 0 Å². The summed E-state index contributed by atoms with van der Waals surface area (Å²) >= 11 is 1.76. The number of anilines is 1. The number of hydrogen-bond acceptors (Lipinski definition) is 5. The smallest absolute Gasteiger partial charge is 0.171 e. The third kappa shape index (κ3) is 3.55. The lowest BCUT2D eigenvalue weighted by Gasteiger charge is -2.26. The second-order valence-corrected chi connectivity index (χ2v) is 8.11. The van der Waals surface area contributed by atoms with Crippen LogP contribution in [0.1, 0.15) is 12.8 Å². The first kappa shape index (κ1) is 17.9. The number of thiophene rings is 1. The lowest BCUT2D eigenvalue weighted by atomic mass is 9.92. The van der Waals surface area contributed by atoms with E-state index in [9.17, 15) is 0 Å². The van der Waals surface area contributed by atoms with Gasteiger partial charge in [-0.15, -0.1) is 17.9 Å². The highest BCUT2D eigenvalue weighted by Gasteiger charge is 2.21. The number of fused-ring (bicyclic) bond motifs is 1. The van der Waals surface area contributed by atoms with E-state index in [4.69, 9.17) is 10.7 Å². The number of benzene rings is 1. The SMILES string of the molecule is C=CC(N=c1c(N)ncc(-c2cc3ccccc3s2)n1C)C1CCCNC1. The number of nitrogens with zero attached hydrogens (tertiary/aromatic N) is 3. The molecule has 1 aromatic carbocycles. The molecule has 3 heterocycles. The Morgan fingerprint density at radius 3 is 3.04 bits per heavy atom. The van der Waals surface area contributed by atoms with Crippen molar-refractivity contribution in [2.45, 2.75) is 18.9 Å². The molecule has 5 nitrogen and oxygen atoms in total. The van der Waals surface area contributed by atoms with Crippen LogP contribution >= 0.6 is 11.3 Å². The molecule has 2 atom stereocenters. The summed E-state index contributed by atoms with van der Waals surface area (Å²) in [7, 11) is 2.01. The molecule has 0 amide bonds. The maximum Gasteiger partial charge on any atom is 0.171 e. The zero-order valence-corrected chi connectivity index (χ0v) is 16.4. The highest BCUT2D eigenvalue weighted by molar-refractivity contribution is 7.22. The van der Waals surface area contributed by atoms with Crippen LogP contribution in [-0.2, 0) is 7.05 Å². The van der Waals surface area contributed by atoms with E-state index in [1.807, 2.05) is 19.3 Å². The van der Waals surface area contributed by atoms with Gasteiger partial charge in [0.2, 0.25) is 0 Å². The lowest BCUT2D eigenvalue weighted by molar-refractivity contribution is 0.348. The molecule has 3 N–H and O–H groups in total. The van der Waals surface area contributed by atoms with Crippen molar-refractivity contribution in [1.82, 2.24) is 14.9 Å². The number of nitrogens with one attached hydrogen (secondary N) is 1. The van der Waals surface area contributed by atoms with E-state index in [0.717, 1.165) is 35.6 Å². The average molecular weight is 380 g/mol. The third-order valence-electron chi connectivity index (χ3n) is 5.24. The van der Waals surface area contributed by atoms with E-state index < -0.39 is 0 Å². The van der Waals surface area contributed by atoms with E-state index in [0.29, 0.717) is 11.7 Å². The van der Waals surface area contributed by atoms with Gasteiger partial charge in [-0.05, 0) is 42.8 Å². The summed E-state index contributed by atoms with van der Waals surface area (Å²) in [6, 6.07) is 10.6. The van der Waals surface area contributed by atoms with Crippen molar-refractivity contribution in [3.8, 4) is 10.6 Å². The first-order valence-corrected chi connectivity index (χ1v) is 10.2. The maximum atomic E-state index is 6.20. The normalized spacial score (nSPS) is 19.3. The van der Waals surface area contributed by atoms with Crippen LogP contribution in [-0.4, -0.2) is 28.7 Å². The summed E-state index contributed by atoms with van der Waals surface area (Å²) in [5.74, 6) is 0.904. The molecule has 4 rings (SSSR count). The minimum Gasteiger partial charge on any atom is -0.381 e. The van der Waals surface area contributed by atoms with Crippen molar-refractivity contribution >= 4 is 27.2 Å². The molecule has 0 radical (unpaired) electrons. The molecule has 140 valence electrons. The summed E-state index contributed by atoms with van der Waals surface area (Å²) in [6.45, 7) is 6.06. The molecule has 0 spiro atoms. The first-order valence-electron chi connectivity index (χ1n) is 9.35. The Bertz CT molecular complexity index is 993. The molecule has 1 aliphatic rings. The number of piperidine rings is 1. The molecule has 3 aromatic rings. The first-order chi connectivity index (χ1) is 13.2. The van der Waals surface area contributed by atoms with E-state index in [1.54, 1.807) is 11.3 Å². The highest BCUT2D eigenvalue weighted by Crippen LogP contribution is 2.32. The van der Waals surface area contributed by atoms with Crippen LogP contribution in [0.25, 0.3) is 20.7 Å². The summed E-state index contributed by atoms with van der Waals surface area (Å²) in [6.07, 6.45) is 6.10. The zero-order valence-electron chi connectivity index (χ0n) is 15.6. The molecule has 1 fully saturated rings. The van der Waals surface area contributed by atoms with Crippen LogP contribution in [0.15, 0.2) is 54.2 Å². The number of nitrogens with two attached hydrogens (primary N) is 1. The fourth-order valence-corrected chi connectivity index (χ4v) is 4.82. The van der Waals surface area contributed by atoms with Crippen LogP contribution in [0.5, 0.6) is 0 Å². The second kappa shape index (κ2) is 7.66. The summed E-state index contributed by atoms with van der Waals surface area (Å²) in [4.78, 5) is 10.6. The molecule has 2 unspecified atom stereocenters. The van der Waals surface area contributed by atoms with Gasteiger partial charge in [-0.1, -0.05) is 24.3 Å². The molecule has 1 aliphatic heterocycles.